The van der Waals surface area contributed by atoms with Crippen molar-refractivity contribution in [3.8, 4) is 0 Å². The normalized spacial score (nSPS) is 27.7. The monoisotopic (exact) mass is 257 g/mol. The average molecular weight is 257 g/mol. The molecule has 4 nitrogen and oxygen atoms in total. The maximum Gasteiger partial charge on any atom is 0.308 e. The summed E-state index contributed by atoms with van der Waals surface area (Å²) in [7, 11) is 0. The highest BCUT2D eigenvalue weighted by atomic mass is 32.2. The molecular formula is C12H19NO3S. The molecule has 1 saturated carbocycles. The molecule has 2 aliphatic rings. The van der Waals surface area contributed by atoms with E-state index in [0.29, 0.717) is 6.54 Å². The number of rotatable bonds is 4. The lowest BCUT2D eigenvalue weighted by atomic mass is 10.1. The second-order valence-electron chi connectivity index (χ2n) is 5.11. The van der Waals surface area contributed by atoms with Gasteiger partial charge in [0, 0.05) is 24.3 Å². The van der Waals surface area contributed by atoms with Crippen LogP contribution in [0.5, 0.6) is 0 Å². The van der Waals surface area contributed by atoms with Gasteiger partial charge in [0.15, 0.2) is 0 Å². The summed E-state index contributed by atoms with van der Waals surface area (Å²) in [6.07, 6.45) is 7.03. The summed E-state index contributed by atoms with van der Waals surface area (Å²) in [6.45, 7) is 1.13. The van der Waals surface area contributed by atoms with E-state index in [9.17, 15) is 9.59 Å². The Balaban J connectivity index is 1.99. The van der Waals surface area contributed by atoms with Gasteiger partial charge in [-0.15, -0.1) is 0 Å². The van der Waals surface area contributed by atoms with Gasteiger partial charge in [0.25, 0.3) is 0 Å². The fourth-order valence-electron chi connectivity index (χ4n) is 2.88. The lowest BCUT2D eigenvalue weighted by Crippen LogP contribution is -2.40. The van der Waals surface area contributed by atoms with E-state index in [0.717, 1.165) is 19.4 Å². The molecule has 17 heavy (non-hydrogen) atoms. The molecule has 0 aromatic rings. The summed E-state index contributed by atoms with van der Waals surface area (Å²) in [5.74, 6) is -1.33. The molecule has 2 rings (SSSR count). The predicted octanol–water partition coefficient (Wildman–Crippen LogP) is 1.60. The highest BCUT2D eigenvalue weighted by Gasteiger charge is 2.41. The number of amides is 1. The van der Waals surface area contributed by atoms with Crippen molar-refractivity contribution >= 4 is 23.6 Å². The molecule has 0 aromatic heterocycles. The highest BCUT2D eigenvalue weighted by molar-refractivity contribution is 8.00. The van der Waals surface area contributed by atoms with Crippen LogP contribution in [0.25, 0.3) is 0 Å². The van der Waals surface area contributed by atoms with Crippen molar-refractivity contribution in [2.75, 3.05) is 19.3 Å². The first-order valence-electron chi connectivity index (χ1n) is 6.12. The lowest BCUT2D eigenvalue weighted by molar-refractivity contribution is -0.141. The van der Waals surface area contributed by atoms with Crippen molar-refractivity contribution in [1.29, 1.82) is 0 Å². The SMILES string of the molecule is CSC1(CN2CC(C(=O)O)CC2=O)CCCC1. The highest BCUT2D eigenvalue weighted by Crippen LogP contribution is 2.41. The number of aliphatic carboxylic acids is 1. The maximum atomic E-state index is 11.8. The smallest absolute Gasteiger partial charge is 0.308 e. The number of hydrogen-bond donors (Lipinski definition) is 1. The Morgan fingerprint density at radius 2 is 2.18 bits per heavy atom. The van der Waals surface area contributed by atoms with Gasteiger partial charge in [-0.05, 0) is 19.1 Å². The molecule has 0 spiro atoms. The van der Waals surface area contributed by atoms with Crippen LogP contribution in [-0.4, -0.2) is 46.0 Å². The average Bonchev–Trinajstić information content (AvgIpc) is 2.88. The summed E-state index contributed by atoms with van der Waals surface area (Å²) in [5.41, 5.74) is 0. The number of carboxylic acid groups (broad SMARTS) is 1. The minimum Gasteiger partial charge on any atom is -0.481 e. The van der Waals surface area contributed by atoms with E-state index in [1.54, 1.807) is 4.90 Å². The predicted molar refractivity (Wildman–Crippen MR) is 67.0 cm³/mol. The molecule has 1 heterocycles. The Bertz CT molecular complexity index is 326. The minimum atomic E-state index is -0.842. The Hall–Kier alpha value is -0.710. The van der Waals surface area contributed by atoms with Gasteiger partial charge in [-0.3, -0.25) is 9.59 Å². The van der Waals surface area contributed by atoms with Crippen molar-refractivity contribution in [3.63, 3.8) is 0 Å². The van der Waals surface area contributed by atoms with Gasteiger partial charge in [0.2, 0.25) is 5.91 Å². The molecule has 0 radical (unpaired) electrons. The molecule has 1 N–H and O–H groups in total. The van der Waals surface area contributed by atoms with E-state index in [2.05, 4.69) is 6.26 Å². The van der Waals surface area contributed by atoms with Crippen molar-refractivity contribution in [3.05, 3.63) is 0 Å². The molecule has 2 fully saturated rings. The van der Waals surface area contributed by atoms with Crippen molar-refractivity contribution in [2.45, 2.75) is 36.9 Å². The second kappa shape index (κ2) is 4.88. The minimum absolute atomic E-state index is 0.0118. The fraction of sp³-hybridized carbons (Fsp3) is 0.833. The van der Waals surface area contributed by atoms with Crippen LogP contribution in [0.15, 0.2) is 0 Å². The third kappa shape index (κ3) is 2.59. The lowest BCUT2D eigenvalue weighted by Gasteiger charge is -2.31. The number of carbonyl (C=O) groups is 2. The van der Waals surface area contributed by atoms with Gasteiger partial charge in [0.05, 0.1) is 5.92 Å². The number of carboxylic acids is 1. The van der Waals surface area contributed by atoms with E-state index in [-0.39, 0.29) is 17.1 Å². The zero-order chi connectivity index (χ0) is 12.5. The first kappa shape index (κ1) is 12.7. The largest absolute Gasteiger partial charge is 0.481 e. The maximum absolute atomic E-state index is 11.8. The Kier molecular flexibility index (Phi) is 3.66. The quantitative estimate of drug-likeness (QED) is 0.831. The first-order valence-corrected chi connectivity index (χ1v) is 7.34. The molecule has 0 bridgehead atoms. The molecule has 5 heteroatoms. The zero-order valence-electron chi connectivity index (χ0n) is 10.1. The van der Waals surface area contributed by atoms with Crippen LogP contribution < -0.4 is 0 Å². The van der Waals surface area contributed by atoms with Crippen LogP contribution in [0.2, 0.25) is 0 Å². The van der Waals surface area contributed by atoms with Crippen molar-refractivity contribution in [2.24, 2.45) is 5.92 Å². The Morgan fingerprint density at radius 1 is 1.53 bits per heavy atom. The summed E-state index contributed by atoms with van der Waals surface area (Å²) in [4.78, 5) is 24.4. The molecular weight excluding hydrogens is 238 g/mol. The molecule has 1 atom stereocenters. The van der Waals surface area contributed by atoms with E-state index >= 15 is 0 Å². The molecule has 1 aliphatic carbocycles. The van der Waals surface area contributed by atoms with Gasteiger partial charge < -0.3 is 10.0 Å². The third-order valence-electron chi connectivity index (χ3n) is 3.99. The standard InChI is InChI=1S/C12H19NO3S/c1-17-12(4-2-3-5-12)8-13-7-9(11(15)16)6-10(13)14/h9H,2-8H2,1H3,(H,15,16). The van der Waals surface area contributed by atoms with Crippen LogP contribution in [0.3, 0.4) is 0 Å². The van der Waals surface area contributed by atoms with Gasteiger partial charge >= 0.3 is 5.97 Å². The molecule has 96 valence electrons. The fourth-order valence-corrected chi connectivity index (χ4v) is 3.87. The molecule has 1 saturated heterocycles. The van der Waals surface area contributed by atoms with Crippen LogP contribution in [0.4, 0.5) is 0 Å². The van der Waals surface area contributed by atoms with E-state index in [4.69, 9.17) is 5.11 Å². The second-order valence-corrected chi connectivity index (χ2v) is 6.38. The Labute approximate surface area is 106 Å². The van der Waals surface area contributed by atoms with Gasteiger partial charge in [0.1, 0.15) is 0 Å². The third-order valence-corrected chi connectivity index (χ3v) is 5.39. The zero-order valence-corrected chi connectivity index (χ0v) is 11.0. The number of hydrogen-bond acceptors (Lipinski definition) is 3. The number of nitrogens with zero attached hydrogens (tertiary/aromatic N) is 1. The van der Waals surface area contributed by atoms with Crippen LogP contribution in [-0.2, 0) is 9.59 Å². The van der Waals surface area contributed by atoms with E-state index < -0.39 is 11.9 Å². The topological polar surface area (TPSA) is 57.6 Å². The summed E-state index contributed by atoms with van der Waals surface area (Å²) in [5, 5.41) is 8.95. The molecule has 0 aromatic carbocycles. The summed E-state index contributed by atoms with van der Waals surface area (Å²) >= 11 is 1.84. The van der Waals surface area contributed by atoms with Gasteiger partial charge in [-0.25, -0.2) is 0 Å². The van der Waals surface area contributed by atoms with Crippen LogP contribution >= 0.6 is 11.8 Å². The van der Waals surface area contributed by atoms with Crippen molar-refractivity contribution < 1.29 is 14.7 Å². The molecule has 1 aliphatic heterocycles. The van der Waals surface area contributed by atoms with Crippen LogP contribution in [0.1, 0.15) is 32.1 Å². The van der Waals surface area contributed by atoms with E-state index in [1.165, 1.54) is 12.8 Å². The number of likely N-dealkylation sites (tertiary alicyclic amines) is 1. The van der Waals surface area contributed by atoms with Gasteiger partial charge in [-0.2, -0.15) is 11.8 Å². The number of carbonyl (C=O) groups excluding carboxylic acids is 1. The first-order chi connectivity index (χ1) is 8.06. The van der Waals surface area contributed by atoms with E-state index in [1.807, 2.05) is 11.8 Å². The van der Waals surface area contributed by atoms with Gasteiger partial charge in [-0.1, -0.05) is 12.8 Å². The number of thioether (sulfide) groups is 1. The van der Waals surface area contributed by atoms with Crippen LogP contribution in [0, 0.1) is 5.92 Å². The Morgan fingerprint density at radius 3 is 2.65 bits per heavy atom. The van der Waals surface area contributed by atoms with Crippen molar-refractivity contribution in [1.82, 2.24) is 4.90 Å². The summed E-state index contributed by atoms with van der Waals surface area (Å²) < 4.78 is 0.184. The summed E-state index contributed by atoms with van der Waals surface area (Å²) in [6, 6.07) is 0. The molecule has 1 unspecified atom stereocenters. The molecule has 1 amide bonds.